The van der Waals surface area contributed by atoms with Gasteiger partial charge in [-0.2, -0.15) is 13.2 Å². The highest BCUT2D eigenvalue weighted by Gasteiger charge is 2.56. The van der Waals surface area contributed by atoms with Crippen LogP contribution in [0.1, 0.15) is 18.9 Å². The van der Waals surface area contributed by atoms with Gasteiger partial charge in [0.05, 0.1) is 6.61 Å². The lowest BCUT2D eigenvalue weighted by molar-refractivity contribution is -0.264. The Bertz CT molecular complexity index is 804. The molecule has 9 heteroatoms. The van der Waals surface area contributed by atoms with E-state index in [1.54, 1.807) is 6.92 Å². The molecule has 0 saturated heterocycles. The van der Waals surface area contributed by atoms with Gasteiger partial charge in [0.25, 0.3) is 0 Å². The average Bonchev–Trinajstić information content (AvgIpc) is 2.83. The van der Waals surface area contributed by atoms with Crippen LogP contribution < -0.4 is 5.32 Å². The maximum absolute atomic E-state index is 13.7. The predicted molar refractivity (Wildman–Crippen MR) is 88.7 cm³/mol. The van der Waals surface area contributed by atoms with Gasteiger partial charge in [-0.05, 0) is 25.1 Å². The molecular formula is C16H16ClF3N2O3. The molecule has 5 nitrogen and oxygen atoms in total. The minimum absolute atomic E-state index is 0.0287. The summed E-state index contributed by atoms with van der Waals surface area (Å²) in [6.07, 6.45) is -5.84. The zero-order valence-electron chi connectivity index (χ0n) is 13.2. The summed E-state index contributed by atoms with van der Waals surface area (Å²) in [6, 6.07) is 4.19. The second-order valence-electron chi connectivity index (χ2n) is 5.26. The molecule has 1 aromatic carbocycles. The molecule has 3 N–H and O–H groups in total. The Morgan fingerprint density at radius 1 is 1.48 bits per heavy atom. The number of aromatic nitrogens is 1. The summed E-state index contributed by atoms with van der Waals surface area (Å²) in [4.78, 5) is 14.3. The summed E-state index contributed by atoms with van der Waals surface area (Å²) in [6.45, 7) is 4.86. The van der Waals surface area contributed by atoms with Crippen molar-refractivity contribution in [1.82, 2.24) is 4.98 Å². The third-order valence-electron chi connectivity index (χ3n) is 3.59. The number of rotatable bonds is 5. The van der Waals surface area contributed by atoms with Crippen molar-refractivity contribution in [3.05, 3.63) is 41.4 Å². The number of halogens is 4. The van der Waals surface area contributed by atoms with Crippen molar-refractivity contribution in [2.75, 3.05) is 11.9 Å². The number of carbonyl (C=O) groups excluding carboxylic acids is 1. The molecule has 0 bridgehead atoms. The van der Waals surface area contributed by atoms with Crippen molar-refractivity contribution >= 4 is 34.4 Å². The molecule has 1 aromatic heterocycles. The van der Waals surface area contributed by atoms with Crippen LogP contribution in [0.25, 0.3) is 10.9 Å². The Kier molecular flexibility index (Phi) is 5.34. The van der Waals surface area contributed by atoms with Crippen molar-refractivity contribution < 1.29 is 27.8 Å². The Balaban J connectivity index is 2.74. The summed E-state index contributed by atoms with van der Waals surface area (Å²) < 4.78 is 45.7. The van der Waals surface area contributed by atoms with Crippen molar-refractivity contribution in [3.63, 3.8) is 0 Å². The van der Waals surface area contributed by atoms with Crippen molar-refractivity contribution in [3.8, 4) is 0 Å². The topological polar surface area (TPSA) is 74.3 Å². The van der Waals surface area contributed by atoms with Gasteiger partial charge in [-0.3, -0.25) is 5.32 Å². The number of carbonyl (C=O) groups is 1. The fourth-order valence-corrected chi connectivity index (χ4v) is 2.70. The Hall–Kier alpha value is -2.19. The van der Waals surface area contributed by atoms with Crippen LogP contribution in [0.4, 0.5) is 23.8 Å². The molecule has 0 aliphatic rings. The van der Waals surface area contributed by atoms with E-state index in [0.29, 0.717) is 0 Å². The molecule has 1 unspecified atom stereocenters. The molecule has 0 spiro atoms. The van der Waals surface area contributed by atoms with Crippen LogP contribution in [0.3, 0.4) is 0 Å². The van der Waals surface area contributed by atoms with Crippen molar-refractivity contribution in [2.24, 2.45) is 0 Å². The monoisotopic (exact) mass is 376 g/mol. The van der Waals surface area contributed by atoms with Gasteiger partial charge < -0.3 is 14.8 Å². The fraction of sp³-hybridized carbons (Fsp3) is 0.312. The molecule has 0 radical (unpaired) electrons. The molecular weight excluding hydrogens is 361 g/mol. The minimum atomic E-state index is -5.02. The third kappa shape index (κ3) is 3.59. The first-order valence-electron chi connectivity index (χ1n) is 7.29. The number of ether oxygens (including phenoxy) is 1. The average molecular weight is 377 g/mol. The van der Waals surface area contributed by atoms with Crippen LogP contribution >= 0.6 is 11.6 Å². The molecule has 0 aliphatic carbocycles. The maximum atomic E-state index is 13.7. The highest BCUT2D eigenvalue weighted by Crippen LogP contribution is 2.48. The van der Waals surface area contributed by atoms with E-state index in [9.17, 15) is 23.1 Å². The second-order valence-corrected chi connectivity index (χ2v) is 5.70. The van der Waals surface area contributed by atoms with Gasteiger partial charge in [-0.25, -0.2) is 4.79 Å². The van der Waals surface area contributed by atoms with Gasteiger partial charge in [0.2, 0.25) is 0 Å². The number of hydrogen-bond acceptors (Lipinski definition) is 3. The largest absolute Gasteiger partial charge is 0.450 e. The van der Waals surface area contributed by atoms with Crippen LogP contribution in [0.15, 0.2) is 30.9 Å². The van der Waals surface area contributed by atoms with Crippen molar-refractivity contribution in [1.29, 1.82) is 0 Å². The van der Waals surface area contributed by atoms with Gasteiger partial charge in [-0.1, -0.05) is 17.7 Å². The number of benzene rings is 1. The van der Waals surface area contributed by atoms with E-state index in [1.807, 2.05) is 0 Å². The number of anilines is 1. The van der Waals surface area contributed by atoms with E-state index < -0.39 is 29.9 Å². The standard InChI is InChI=1S/C16H16ClF3N2O3/c1-3-7-15(24,16(18,19)20)12-10-8-9(17)5-6-11(10)21-13(12)22-14(23)25-4-2/h3,5-6,8,21,24H,1,4,7H2,2H3,(H,22,23). The van der Waals surface area contributed by atoms with E-state index in [-0.39, 0.29) is 28.4 Å². The second kappa shape index (κ2) is 6.97. The highest BCUT2D eigenvalue weighted by molar-refractivity contribution is 6.31. The molecule has 136 valence electrons. The maximum Gasteiger partial charge on any atom is 0.421 e. The zero-order chi connectivity index (χ0) is 18.8. The molecule has 2 rings (SSSR count). The number of aromatic amines is 1. The minimum Gasteiger partial charge on any atom is -0.450 e. The SMILES string of the molecule is C=CCC(O)(c1c(NC(=O)OCC)[nH]c2ccc(Cl)cc12)C(F)(F)F. The predicted octanol–water partition coefficient (Wildman–Crippen LogP) is 4.72. The molecule has 0 saturated carbocycles. The number of nitrogens with one attached hydrogen (secondary N) is 2. The van der Waals surface area contributed by atoms with Crippen LogP contribution in [0, 0.1) is 0 Å². The lowest BCUT2D eigenvalue weighted by atomic mass is 9.88. The Labute approximate surface area is 146 Å². The summed E-state index contributed by atoms with van der Waals surface area (Å²) >= 11 is 5.89. The van der Waals surface area contributed by atoms with Crippen LogP contribution in [0.2, 0.25) is 5.02 Å². The van der Waals surface area contributed by atoms with Crippen LogP contribution in [-0.4, -0.2) is 29.0 Å². The van der Waals surface area contributed by atoms with Crippen LogP contribution in [-0.2, 0) is 10.3 Å². The first-order valence-corrected chi connectivity index (χ1v) is 7.67. The smallest absolute Gasteiger partial charge is 0.421 e. The number of alkyl halides is 3. The zero-order valence-corrected chi connectivity index (χ0v) is 14.0. The van der Waals surface area contributed by atoms with Gasteiger partial charge in [0, 0.05) is 27.9 Å². The Morgan fingerprint density at radius 3 is 2.72 bits per heavy atom. The molecule has 0 aliphatic heterocycles. The molecule has 1 amide bonds. The van der Waals surface area contributed by atoms with Gasteiger partial charge >= 0.3 is 12.3 Å². The lowest BCUT2D eigenvalue weighted by Gasteiger charge is -2.30. The molecule has 1 heterocycles. The molecule has 25 heavy (non-hydrogen) atoms. The summed E-state index contributed by atoms with van der Waals surface area (Å²) in [7, 11) is 0. The summed E-state index contributed by atoms with van der Waals surface area (Å²) in [5, 5.41) is 12.9. The number of hydrogen-bond donors (Lipinski definition) is 3. The van der Waals surface area contributed by atoms with Gasteiger partial charge in [0.1, 0.15) is 5.82 Å². The first-order chi connectivity index (χ1) is 11.6. The summed E-state index contributed by atoms with van der Waals surface area (Å²) in [5.41, 5.74) is -3.56. The van der Waals surface area contributed by atoms with E-state index in [2.05, 4.69) is 16.9 Å². The summed E-state index contributed by atoms with van der Waals surface area (Å²) in [5.74, 6) is -0.322. The quantitative estimate of drug-likeness (QED) is 0.661. The number of fused-ring (bicyclic) bond motifs is 1. The van der Waals surface area contributed by atoms with E-state index >= 15 is 0 Å². The van der Waals surface area contributed by atoms with Crippen LogP contribution in [0.5, 0.6) is 0 Å². The van der Waals surface area contributed by atoms with E-state index in [1.165, 1.54) is 18.2 Å². The Morgan fingerprint density at radius 2 is 2.16 bits per heavy atom. The fourth-order valence-electron chi connectivity index (χ4n) is 2.53. The highest BCUT2D eigenvalue weighted by atomic mass is 35.5. The first kappa shape index (κ1) is 19.1. The van der Waals surface area contributed by atoms with Crippen molar-refractivity contribution in [2.45, 2.75) is 25.1 Å². The number of aliphatic hydroxyl groups is 1. The molecule has 0 fully saturated rings. The molecule has 1 atom stereocenters. The lowest BCUT2D eigenvalue weighted by Crippen LogP contribution is -2.42. The number of amides is 1. The van der Waals surface area contributed by atoms with E-state index in [0.717, 1.165) is 6.08 Å². The third-order valence-corrected chi connectivity index (χ3v) is 3.82. The van der Waals surface area contributed by atoms with Gasteiger partial charge in [-0.15, -0.1) is 6.58 Å². The van der Waals surface area contributed by atoms with Gasteiger partial charge in [0.15, 0.2) is 5.60 Å². The normalized spacial score (nSPS) is 14.2. The number of H-pyrrole nitrogens is 1. The molecule has 2 aromatic rings. The van der Waals surface area contributed by atoms with E-state index in [4.69, 9.17) is 16.3 Å².